The molecular weight excluding hydrogens is 1040 g/mol. The number of hydrogen-bond acceptors (Lipinski definition) is 15. The molecule has 0 unspecified atom stereocenters. The summed E-state index contributed by atoms with van der Waals surface area (Å²) in [6, 6.07) is 9.38. The van der Waals surface area contributed by atoms with Crippen LogP contribution in [0.15, 0.2) is 51.9 Å². The van der Waals surface area contributed by atoms with Crippen LogP contribution in [0.1, 0.15) is 179 Å². The molecule has 0 radical (unpaired) electrons. The van der Waals surface area contributed by atoms with Gasteiger partial charge in [-0.05, 0) is 117 Å². The molecule has 1 aliphatic rings. The molecule has 0 atom stereocenters. The van der Waals surface area contributed by atoms with Crippen molar-refractivity contribution >= 4 is 121 Å². The highest BCUT2D eigenvalue weighted by molar-refractivity contribution is 7.16. The fraction of sp³-hybridized carbons (Fsp3) is 0.463. The number of likely N-dealkylation sites (tertiary alicyclic amines) is 1. The summed E-state index contributed by atoms with van der Waals surface area (Å²) in [7, 11) is 1.57. The smallest absolute Gasteiger partial charge is 0.220 e. The van der Waals surface area contributed by atoms with Crippen molar-refractivity contribution in [3.8, 4) is 0 Å². The van der Waals surface area contributed by atoms with Crippen LogP contribution in [0.4, 0.5) is 0 Å². The van der Waals surface area contributed by atoms with Gasteiger partial charge in [0.05, 0.1) is 0 Å². The van der Waals surface area contributed by atoms with Gasteiger partial charge in [-0.3, -0.25) is 43.2 Å². The van der Waals surface area contributed by atoms with E-state index < -0.39 is 5.91 Å². The average Bonchev–Trinajstić information content (AvgIpc) is 4.23. The number of rotatable bonds is 24. The van der Waals surface area contributed by atoms with Crippen LogP contribution in [0.5, 0.6) is 0 Å². The standard InChI is InChI=1S/C13H18ClNOS.C12H16O2S.2C10H13NO2S.C9H11NO2S/c1-10-9-11(13(14)17-10)12(16)5-4-8-15-6-2-3-7-15;1-3-11(13)5-4-6-12(14)10-7-9(2)15-8-10;1-7-5-8(6-14-7)9(12)3-4-10(13)11-2;1-7-5-8(6-14-7)9(12)3-2-4-10(11)13;1-6-4-7(5-13-6)8(11)2-3-9(10)12/h9H,2-8H2,1H3;7-8H,3-6H2,1-2H3;5-6H,3-4H2,1-2H3,(H,11,13);5-6H,2-4H2,1H3,(H2,11,13);4-5H,2-3H2,1H3,(H2,10,12). The number of nitrogens with one attached hydrogen (secondary N) is 1. The Hall–Kier alpha value is -4.82. The van der Waals surface area contributed by atoms with Gasteiger partial charge in [-0.1, -0.05) is 18.5 Å². The highest BCUT2D eigenvalue weighted by Gasteiger charge is 2.16. The number of carbonyl (C=O) groups excluding carboxylic acids is 9. The van der Waals surface area contributed by atoms with Gasteiger partial charge in [-0.25, -0.2) is 0 Å². The van der Waals surface area contributed by atoms with Crippen LogP contribution in [0.3, 0.4) is 0 Å². The number of primary amides is 2. The van der Waals surface area contributed by atoms with E-state index in [0.29, 0.717) is 54.8 Å². The molecule has 3 amide bonds. The zero-order chi connectivity index (χ0) is 54.5. The van der Waals surface area contributed by atoms with Crippen molar-refractivity contribution in [1.29, 1.82) is 0 Å². The molecule has 5 N–H and O–H groups in total. The predicted molar refractivity (Wildman–Crippen MR) is 301 cm³/mol. The first-order chi connectivity index (χ1) is 34.6. The maximum Gasteiger partial charge on any atom is 0.220 e. The summed E-state index contributed by atoms with van der Waals surface area (Å²) < 4.78 is 0.647. The van der Waals surface area contributed by atoms with Gasteiger partial charge in [0.1, 0.15) is 10.1 Å². The van der Waals surface area contributed by atoms with Gasteiger partial charge in [-0.15, -0.1) is 56.7 Å². The Balaban J connectivity index is 0.000000314. The summed E-state index contributed by atoms with van der Waals surface area (Å²) >= 11 is 13.8. The zero-order valence-electron chi connectivity index (χ0n) is 43.1. The summed E-state index contributed by atoms with van der Waals surface area (Å²) in [4.78, 5) is 109. The Kier molecular flexibility index (Phi) is 31.2. The number of thiophene rings is 5. The summed E-state index contributed by atoms with van der Waals surface area (Å²) in [5.74, 6) is -0.160. The van der Waals surface area contributed by atoms with Crippen LogP contribution < -0.4 is 16.8 Å². The van der Waals surface area contributed by atoms with E-state index >= 15 is 0 Å². The average molecular weight is 1120 g/mol. The molecule has 1 aliphatic heterocycles. The largest absolute Gasteiger partial charge is 0.370 e. The SMILES string of the molecule is CCC(=O)CCCC(=O)c1csc(C)c1.CNC(=O)CCC(=O)c1csc(C)c1.Cc1cc(C(=O)CCC(N)=O)cs1.Cc1cc(C(=O)CCCC(N)=O)cs1.Cc1cc(C(=O)CCCN2CCCC2)c(Cl)s1. The molecule has 19 heteroatoms. The van der Waals surface area contributed by atoms with Gasteiger partial charge < -0.3 is 21.7 Å². The fourth-order valence-electron chi connectivity index (χ4n) is 6.85. The molecule has 5 aromatic rings. The minimum absolute atomic E-state index is 0.0110. The molecule has 6 rings (SSSR count). The maximum absolute atomic E-state index is 12.0. The molecule has 1 fully saturated rings. The Morgan fingerprint density at radius 1 is 0.521 bits per heavy atom. The Morgan fingerprint density at radius 2 is 0.918 bits per heavy atom. The van der Waals surface area contributed by atoms with E-state index in [0.717, 1.165) is 59.6 Å². The molecule has 6 heterocycles. The molecule has 1 saturated heterocycles. The van der Waals surface area contributed by atoms with E-state index in [4.69, 9.17) is 23.1 Å². The molecule has 5 aromatic heterocycles. The van der Waals surface area contributed by atoms with Crippen molar-refractivity contribution in [3.63, 3.8) is 0 Å². The minimum atomic E-state index is -0.430. The number of carbonyl (C=O) groups is 9. The third kappa shape index (κ3) is 27.3. The number of amides is 3. The zero-order valence-corrected chi connectivity index (χ0v) is 48.0. The van der Waals surface area contributed by atoms with Crippen molar-refractivity contribution < 1.29 is 43.2 Å². The van der Waals surface area contributed by atoms with Crippen LogP contribution in [-0.4, -0.2) is 84.0 Å². The van der Waals surface area contributed by atoms with Crippen molar-refractivity contribution in [2.75, 3.05) is 26.7 Å². The summed E-state index contributed by atoms with van der Waals surface area (Å²) in [6.07, 6.45) is 8.60. The summed E-state index contributed by atoms with van der Waals surface area (Å²) in [5, 5.41) is 9.86. The first kappa shape index (κ1) is 64.3. The van der Waals surface area contributed by atoms with Crippen LogP contribution in [0, 0.1) is 34.6 Å². The Labute approximate surface area is 455 Å². The van der Waals surface area contributed by atoms with Gasteiger partial charge in [0, 0.05) is 145 Å². The van der Waals surface area contributed by atoms with Crippen LogP contribution in [-0.2, 0) is 19.2 Å². The predicted octanol–water partition coefficient (Wildman–Crippen LogP) is 12.3. The lowest BCUT2D eigenvalue weighted by Gasteiger charge is -2.13. The number of nitrogens with two attached hydrogens (primary N) is 2. The van der Waals surface area contributed by atoms with E-state index in [2.05, 4.69) is 10.2 Å². The van der Waals surface area contributed by atoms with Crippen LogP contribution in [0.2, 0.25) is 4.34 Å². The van der Waals surface area contributed by atoms with E-state index in [1.807, 2.05) is 88.0 Å². The highest BCUT2D eigenvalue weighted by Crippen LogP contribution is 2.28. The molecule has 398 valence electrons. The first-order valence-electron chi connectivity index (χ1n) is 24.3. The lowest BCUT2D eigenvalue weighted by Crippen LogP contribution is -2.21. The molecule has 0 spiro atoms. The molecule has 73 heavy (non-hydrogen) atoms. The van der Waals surface area contributed by atoms with E-state index in [9.17, 15) is 43.2 Å². The number of aryl methyl sites for hydroxylation is 5. The lowest BCUT2D eigenvalue weighted by molar-refractivity contribution is -0.121. The number of halogens is 1. The normalized spacial score (nSPS) is 11.6. The molecule has 0 saturated carbocycles. The second-order valence-corrected chi connectivity index (χ2v) is 23.6. The van der Waals surface area contributed by atoms with Crippen LogP contribution >= 0.6 is 68.3 Å². The summed E-state index contributed by atoms with van der Waals surface area (Å²) in [6.45, 7) is 15.1. The number of nitrogens with zero attached hydrogens (tertiary/aromatic N) is 1. The topological polar surface area (TPSA) is 221 Å². The molecule has 0 bridgehead atoms. The highest BCUT2D eigenvalue weighted by atomic mass is 35.5. The van der Waals surface area contributed by atoms with Crippen LogP contribution in [0.25, 0.3) is 0 Å². The van der Waals surface area contributed by atoms with Crippen molar-refractivity contribution in [1.82, 2.24) is 10.2 Å². The molecule has 0 aliphatic carbocycles. The molecule has 0 aromatic carbocycles. The van der Waals surface area contributed by atoms with E-state index in [-0.39, 0.29) is 78.6 Å². The lowest BCUT2D eigenvalue weighted by atomic mass is 10.1. The third-order valence-corrected chi connectivity index (χ3v) is 15.7. The van der Waals surface area contributed by atoms with Gasteiger partial charge >= 0.3 is 0 Å². The Bertz CT molecular complexity index is 2580. The Morgan fingerprint density at radius 3 is 1.27 bits per heavy atom. The van der Waals surface area contributed by atoms with E-state index in [1.54, 1.807) is 46.4 Å². The fourth-order valence-corrected chi connectivity index (χ4v) is 10.9. The van der Waals surface area contributed by atoms with Gasteiger partial charge in [0.2, 0.25) is 17.7 Å². The first-order valence-corrected chi connectivity index (χ1v) is 29.0. The molecular formula is C54H71ClN4O9S5. The quantitative estimate of drug-likeness (QED) is 0.0496. The van der Waals surface area contributed by atoms with Gasteiger partial charge in [0.15, 0.2) is 28.9 Å². The van der Waals surface area contributed by atoms with Crippen molar-refractivity contribution in [2.45, 2.75) is 138 Å². The van der Waals surface area contributed by atoms with E-state index in [1.165, 1.54) is 48.6 Å². The molecule has 13 nitrogen and oxygen atoms in total. The second kappa shape index (κ2) is 35.4. The van der Waals surface area contributed by atoms with Crippen molar-refractivity contribution in [2.24, 2.45) is 11.5 Å². The number of hydrogen-bond donors (Lipinski definition) is 3. The monoisotopic (exact) mass is 1110 g/mol. The van der Waals surface area contributed by atoms with Gasteiger partial charge in [-0.2, -0.15) is 0 Å². The summed E-state index contributed by atoms with van der Waals surface area (Å²) in [5.41, 5.74) is 13.6. The minimum Gasteiger partial charge on any atom is -0.370 e. The maximum atomic E-state index is 12.0. The van der Waals surface area contributed by atoms with Crippen molar-refractivity contribution in [3.05, 3.63) is 108 Å². The number of Topliss-reactive ketones (excluding diaryl/α,β-unsaturated/α-hetero) is 6. The number of ketones is 6. The second-order valence-electron chi connectivity index (χ2n) is 17.3. The third-order valence-electron chi connectivity index (χ3n) is 10.9. The van der Waals surface area contributed by atoms with Gasteiger partial charge in [0.25, 0.3) is 0 Å².